The summed E-state index contributed by atoms with van der Waals surface area (Å²) in [5.74, 6) is 1.51. The van der Waals surface area contributed by atoms with E-state index in [4.69, 9.17) is 4.74 Å². The van der Waals surface area contributed by atoms with Crippen molar-refractivity contribution in [3.63, 3.8) is 0 Å². The van der Waals surface area contributed by atoms with Crippen LogP contribution in [0.4, 0.5) is 0 Å². The van der Waals surface area contributed by atoms with E-state index in [-0.39, 0.29) is 5.60 Å². The molecule has 0 radical (unpaired) electrons. The van der Waals surface area contributed by atoms with E-state index in [0.29, 0.717) is 12.5 Å². The van der Waals surface area contributed by atoms with Crippen molar-refractivity contribution < 1.29 is 9.84 Å². The molecule has 3 rings (SSSR count). The van der Waals surface area contributed by atoms with Gasteiger partial charge in [0.05, 0.1) is 12.2 Å². The third-order valence-corrected chi connectivity index (χ3v) is 3.97. The lowest BCUT2D eigenvalue weighted by atomic mass is 9.88. The molecule has 1 aromatic rings. The summed E-state index contributed by atoms with van der Waals surface area (Å²) in [6.07, 6.45) is 2.43. The lowest BCUT2D eigenvalue weighted by Crippen LogP contribution is -2.62. The first-order valence-electron chi connectivity index (χ1n) is 6.86. The molecule has 1 saturated heterocycles. The van der Waals surface area contributed by atoms with Gasteiger partial charge in [-0.15, -0.1) is 0 Å². The summed E-state index contributed by atoms with van der Waals surface area (Å²) < 4.78 is 5.43. The van der Waals surface area contributed by atoms with Gasteiger partial charge in [-0.2, -0.15) is 0 Å². The van der Waals surface area contributed by atoms with E-state index in [1.807, 2.05) is 19.1 Å². The molecule has 0 atom stereocenters. The molecular formula is C15H21NO2. The molecule has 0 aromatic heterocycles. The Bertz CT molecular complexity index is 405. The van der Waals surface area contributed by atoms with Gasteiger partial charge < -0.3 is 9.84 Å². The van der Waals surface area contributed by atoms with E-state index >= 15 is 0 Å². The zero-order valence-electron chi connectivity index (χ0n) is 10.9. The number of ether oxygens (including phenoxy) is 1. The van der Waals surface area contributed by atoms with Crippen LogP contribution in [0.15, 0.2) is 24.3 Å². The molecule has 3 nitrogen and oxygen atoms in total. The van der Waals surface area contributed by atoms with Gasteiger partial charge in [0.1, 0.15) is 5.75 Å². The van der Waals surface area contributed by atoms with Crippen LogP contribution in [0.5, 0.6) is 5.75 Å². The first kappa shape index (κ1) is 12.0. The van der Waals surface area contributed by atoms with Gasteiger partial charge in [-0.05, 0) is 43.4 Å². The van der Waals surface area contributed by atoms with Crippen LogP contribution in [0.2, 0.25) is 0 Å². The zero-order chi connectivity index (χ0) is 12.6. The normalized spacial score (nSPS) is 22.6. The standard InChI is InChI=1S/C15H21NO2/c1-2-18-14-7-3-12(4-8-14)9-16-10-15(17,11-16)13-5-6-13/h3-4,7-8,13,17H,2,5-6,9-11H2,1H3. The Morgan fingerprint density at radius 3 is 2.50 bits per heavy atom. The SMILES string of the molecule is CCOc1ccc(CN2CC(O)(C3CC3)C2)cc1. The topological polar surface area (TPSA) is 32.7 Å². The summed E-state index contributed by atoms with van der Waals surface area (Å²) in [5.41, 5.74) is 0.918. The molecule has 0 amide bonds. The number of hydrogen-bond donors (Lipinski definition) is 1. The Morgan fingerprint density at radius 1 is 1.28 bits per heavy atom. The highest BCUT2D eigenvalue weighted by atomic mass is 16.5. The maximum Gasteiger partial charge on any atom is 0.119 e. The molecule has 1 aliphatic heterocycles. The van der Waals surface area contributed by atoms with Gasteiger partial charge in [0, 0.05) is 19.6 Å². The first-order chi connectivity index (χ1) is 8.69. The van der Waals surface area contributed by atoms with E-state index in [1.54, 1.807) is 0 Å². The van der Waals surface area contributed by atoms with Crippen LogP contribution in [0.1, 0.15) is 25.3 Å². The molecule has 0 unspecified atom stereocenters. The molecule has 2 fully saturated rings. The number of likely N-dealkylation sites (tertiary alicyclic amines) is 1. The van der Waals surface area contributed by atoms with Crippen molar-refractivity contribution in [3.05, 3.63) is 29.8 Å². The van der Waals surface area contributed by atoms with Crippen LogP contribution >= 0.6 is 0 Å². The fourth-order valence-corrected chi connectivity index (χ4v) is 2.83. The van der Waals surface area contributed by atoms with Crippen molar-refractivity contribution in [2.24, 2.45) is 5.92 Å². The minimum absolute atomic E-state index is 0.370. The van der Waals surface area contributed by atoms with E-state index in [9.17, 15) is 5.11 Å². The minimum Gasteiger partial charge on any atom is -0.494 e. The predicted molar refractivity (Wildman–Crippen MR) is 70.6 cm³/mol. The second-order valence-electron chi connectivity index (χ2n) is 5.60. The van der Waals surface area contributed by atoms with Crippen molar-refractivity contribution in [1.82, 2.24) is 4.90 Å². The van der Waals surface area contributed by atoms with Crippen molar-refractivity contribution in [2.45, 2.75) is 31.9 Å². The number of aliphatic hydroxyl groups is 1. The van der Waals surface area contributed by atoms with Gasteiger partial charge in [-0.1, -0.05) is 12.1 Å². The van der Waals surface area contributed by atoms with Gasteiger partial charge in [0.2, 0.25) is 0 Å². The monoisotopic (exact) mass is 247 g/mol. The second kappa shape index (κ2) is 4.56. The Kier molecular flexibility index (Phi) is 3.04. The van der Waals surface area contributed by atoms with Gasteiger partial charge in [0.25, 0.3) is 0 Å². The second-order valence-corrected chi connectivity index (χ2v) is 5.60. The van der Waals surface area contributed by atoms with Crippen LogP contribution in [-0.2, 0) is 6.54 Å². The third kappa shape index (κ3) is 2.38. The highest BCUT2D eigenvalue weighted by Crippen LogP contribution is 2.44. The quantitative estimate of drug-likeness (QED) is 0.864. The fourth-order valence-electron chi connectivity index (χ4n) is 2.83. The summed E-state index contributed by atoms with van der Waals surface area (Å²) in [4.78, 5) is 2.31. The molecule has 1 aliphatic carbocycles. The summed E-state index contributed by atoms with van der Waals surface area (Å²) in [6, 6.07) is 8.26. The van der Waals surface area contributed by atoms with Crippen molar-refractivity contribution in [1.29, 1.82) is 0 Å². The lowest BCUT2D eigenvalue weighted by molar-refractivity contribution is -0.116. The number of nitrogens with zero attached hydrogens (tertiary/aromatic N) is 1. The molecule has 0 spiro atoms. The van der Waals surface area contributed by atoms with Crippen molar-refractivity contribution in [2.75, 3.05) is 19.7 Å². The van der Waals surface area contributed by atoms with Crippen LogP contribution < -0.4 is 4.74 Å². The smallest absolute Gasteiger partial charge is 0.119 e. The molecule has 3 heteroatoms. The number of hydrogen-bond acceptors (Lipinski definition) is 3. The van der Waals surface area contributed by atoms with Gasteiger partial charge in [-0.25, -0.2) is 0 Å². The molecule has 98 valence electrons. The van der Waals surface area contributed by atoms with Crippen molar-refractivity contribution >= 4 is 0 Å². The van der Waals surface area contributed by atoms with Crippen LogP contribution in [0.25, 0.3) is 0 Å². The van der Waals surface area contributed by atoms with Crippen LogP contribution in [-0.4, -0.2) is 35.3 Å². The summed E-state index contributed by atoms with van der Waals surface area (Å²) in [6.45, 7) is 5.31. The summed E-state index contributed by atoms with van der Waals surface area (Å²) in [5, 5.41) is 10.3. The third-order valence-electron chi connectivity index (χ3n) is 3.97. The summed E-state index contributed by atoms with van der Waals surface area (Å²) >= 11 is 0. The fraction of sp³-hybridized carbons (Fsp3) is 0.600. The Balaban J connectivity index is 1.51. The largest absolute Gasteiger partial charge is 0.494 e. The van der Waals surface area contributed by atoms with Crippen molar-refractivity contribution in [3.8, 4) is 5.75 Å². The van der Waals surface area contributed by atoms with E-state index < -0.39 is 0 Å². The Labute approximate surface area is 108 Å². The van der Waals surface area contributed by atoms with Gasteiger partial charge >= 0.3 is 0 Å². The van der Waals surface area contributed by atoms with Gasteiger partial charge in [0.15, 0.2) is 0 Å². The summed E-state index contributed by atoms with van der Waals surface area (Å²) in [7, 11) is 0. The minimum atomic E-state index is -0.370. The predicted octanol–water partition coefficient (Wildman–Crippen LogP) is 2.04. The Hall–Kier alpha value is -1.06. The lowest BCUT2D eigenvalue weighted by Gasteiger charge is -2.47. The molecule has 1 aromatic carbocycles. The maximum atomic E-state index is 10.3. The van der Waals surface area contributed by atoms with E-state index in [1.165, 1.54) is 18.4 Å². The molecule has 2 aliphatic rings. The molecule has 1 N–H and O–H groups in total. The van der Waals surface area contributed by atoms with E-state index in [2.05, 4.69) is 17.0 Å². The van der Waals surface area contributed by atoms with Gasteiger partial charge in [-0.3, -0.25) is 4.90 Å². The van der Waals surface area contributed by atoms with E-state index in [0.717, 1.165) is 25.4 Å². The maximum absolute atomic E-state index is 10.3. The highest BCUT2D eigenvalue weighted by molar-refractivity contribution is 5.27. The molecule has 18 heavy (non-hydrogen) atoms. The van der Waals surface area contributed by atoms with Crippen LogP contribution in [0, 0.1) is 5.92 Å². The number of rotatable bonds is 5. The first-order valence-corrected chi connectivity index (χ1v) is 6.86. The Morgan fingerprint density at radius 2 is 1.94 bits per heavy atom. The zero-order valence-corrected chi connectivity index (χ0v) is 10.9. The number of benzene rings is 1. The molecular weight excluding hydrogens is 226 g/mol. The van der Waals surface area contributed by atoms with Crippen LogP contribution in [0.3, 0.4) is 0 Å². The highest BCUT2D eigenvalue weighted by Gasteiger charge is 2.51. The average molecular weight is 247 g/mol. The average Bonchev–Trinajstić information content (AvgIpc) is 3.14. The molecule has 1 heterocycles. The molecule has 0 bridgehead atoms. The number of β-amino-alcohol motifs (C(OH)–C–C–N with tert-alkyl or cyclic N) is 1. The molecule has 1 saturated carbocycles.